The third kappa shape index (κ3) is 4.62. The minimum atomic E-state index is -0.241. The van der Waals surface area contributed by atoms with E-state index in [-0.39, 0.29) is 18.9 Å². The molecule has 0 aliphatic carbocycles. The van der Waals surface area contributed by atoms with Crippen molar-refractivity contribution < 1.29 is 9.90 Å². The molecule has 0 aliphatic rings. The second kappa shape index (κ2) is 10.2. The zero-order valence-corrected chi connectivity index (χ0v) is 23.6. The number of nitrogens with two attached hydrogens (primary N) is 1. The molecule has 0 saturated carbocycles. The van der Waals surface area contributed by atoms with Gasteiger partial charge in [0.05, 0.1) is 47.8 Å². The number of aliphatic hydroxyl groups is 1. The molecular weight excluding hydrogens is 512 g/mol. The quantitative estimate of drug-likeness (QED) is 0.217. The summed E-state index contributed by atoms with van der Waals surface area (Å²) < 4.78 is 3.81. The zero-order chi connectivity index (χ0) is 28.8. The number of carbonyl (C=O) groups is 1. The maximum absolute atomic E-state index is 12.6. The van der Waals surface area contributed by atoms with Crippen molar-refractivity contribution in [3.8, 4) is 22.5 Å². The molecule has 0 atom stereocenters. The highest BCUT2D eigenvalue weighted by Gasteiger charge is 2.20. The standard InChI is InChI=1S/C33H32N6O2/c1-19-6-5-7-24(12-19)39-31-16-29(37-32(41)10-11-40)22(4)33(27(31)18-36-39)26-9-8-25(14-20(26)2)38-30-15-28(34)21(3)13-23(30)17-35-38/h5-9,12-18,40H,10-11,34H2,1-4H3,(H,37,41). The zero-order valence-electron chi connectivity index (χ0n) is 23.6. The number of anilines is 2. The molecule has 4 N–H and O–H groups in total. The highest BCUT2D eigenvalue weighted by Crippen LogP contribution is 2.39. The van der Waals surface area contributed by atoms with Gasteiger partial charge in [-0.15, -0.1) is 0 Å². The molecule has 8 heteroatoms. The van der Waals surface area contributed by atoms with Crippen LogP contribution in [0.25, 0.3) is 44.3 Å². The Balaban J connectivity index is 1.53. The van der Waals surface area contributed by atoms with Crippen molar-refractivity contribution >= 4 is 39.1 Å². The van der Waals surface area contributed by atoms with Gasteiger partial charge in [0.2, 0.25) is 5.91 Å². The van der Waals surface area contributed by atoms with Crippen LogP contribution in [0.4, 0.5) is 11.4 Å². The largest absolute Gasteiger partial charge is 0.398 e. The highest BCUT2D eigenvalue weighted by atomic mass is 16.3. The van der Waals surface area contributed by atoms with E-state index in [0.29, 0.717) is 5.69 Å². The molecule has 41 heavy (non-hydrogen) atoms. The number of hydrogen-bond acceptors (Lipinski definition) is 5. The lowest BCUT2D eigenvalue weighted by Crippen LogP contribution is -2.14. The van der Waals surface area contributed by atoms with Gasteiger partial charge < -0.3 is 16.2 Å². The lowest BCUT2D eigenvalue weighted by atomic mass is 9.92. The van der Waals surface area contributed by atoms with Gasteiger partial charge in [0, 0.05) is 22.1 Å². The third-order valence-corrected chi connectivity index (χ3v) is 7.67. The summed E-state index contributed by atoms with van der Waals surface area (Å²) in [7, 11) is 0. The highest BCUT2D eigenvalue weighted by molar-refractivity contribution is 6.04. The summed E-state index contributed by atoms with van der Waals surface area (Å²) in [5, 5.41) is 23.8. The average molecular weight is 545 g/mol. The number of nitrogens with zero attached hydrogens (tertiary/aromatic N) is 4. The lowest BCUT2D eigenvalue weighted by molar-refractivity contribution is -0.116. The number of carbonyl (C=O) groups excluding carboxylic acids is 1. The van der Waals surface area contributed by atoms with Gasteiger partial charge in [-0.3, -0.25) is 4.79 Å². The molecule has 206 valence electrons. The van der Waals surface area contributed by atoms with Crippen molar-refractivity contribution in [2.24, 2.45) is 0 Å². The number of nitrogen functional groups attached to an aromatic ring is 1. The van der Waals surface area contributed by atoms with Crippen LogP contribution in [-0.4, -0.2) is 37.2 Å². The summed E-state index contributed by atoms with van der Waals surface area (Å²) >= 11 is 0. The van der Waals surface area contributed by atoms with Crippen molar-refractivity contribution in [3.63, 3.8) is 0 Å². The molecule has 0 bridgehead atoms. The summed E-state index contributed by atoms with van der Waals surface area (Å²) in [6, 6.07) is 20.4. The number of aromatic nitrogens is 4. The van der Waals surface area contributed by atoms with Crippen molar-refractivity contribution in [2.75, 3.05) is 17.7 Å². The van der Waals surface area contributed by atoms with Crippen LogP contribution in [0.1, 0.15) is 28.7 Å². The molecule has 4 aromatic carbocycles. The molecule has 6 rings (SSSR count). The predicted molar refractivity (Wildman–Crippen MR) is 165 cm³/mol. The van der Waals surface area contributed by atoms with Gasteiger partial charge in [-0.2, -0.15) is 10.2 Å². The van der Waals surface area contributed by atoms with Crippen LogP contribution < -0.4 is 11.1 Å². The number of fused-ring (bicyclic) bond motifs is 2. The minimum absolute atomic E-state index is 0.0273. The van der Waals surface area contributed by atoms with Gasteiger partial charge in [0.1, 0.15) is 0 Å². The summed E-state index contributed by atoms with van der Waals surface area (Å²) in [6.45, 7) is 7.92. The lowest BCUT2D eigenvalue weighted by Gasteiger charge is -2.18. The first-order valence-electron chi connectivity index (χ1n) is 13.6. The first-order chi connectivity index (χ1) is 19.7. The van der Waals surface area contributed by atoms with Crippen LogP contribution in [0.5, 0.6) is 0 Å². The molecule has 0 unspecified atom stereocenters. The molecule has 1 amide bonds. The number of amides is 1. The Morgan fingerprint density at radius 3 is 2.39 bits per heavy atom. The number of hydrogen-bond donors (Lipinski definition) is 3. The molecular formula is C33H32N6O2. The van der Waals surface area contributed by atoms with Gasteiger partial charge >= 0.3 is 0 Å². The number of aryl methyl sites for hydroxylation is 3. The molecule has 0 fully saturated rings. The van der Waals surface area contributed by atoms with Crippen molar-refractivity contribution in [3.05, 3.63) is 95.3 Å². The Kier molecular flexibility index (Phi) is 6.55. The third-order valence-electron chi connectivity index (χ3n) is 7.67. The van der Waals surface area contributed by atoms with Crippen LogP contribution in [-0.2, 0) is 4.79 Å². The molecule has 2 aromatic heterocycles. The van der Waals surface area contributed by atoms with Crippen molar-refractivity contribution in [2.45, 2.75) is 34.1 Å². The Labute approximate surface area is 238 Å². The summed E-state index contributed by atoms with van der Waals surface area (Å²) in [5.41, 5.74) is 17.5. The maximum atomic E-state index is 12.6. The van der Waals surface area contributed by atoms with Gasteiger partial charge in [0.15, 0.2) is 0 Å². The van der Waals surface area contributed by atoms with Gasteiger partial charge in [-0.1, -0.05) is 18.2 Å². The molecule has 2 heterocycles. The first-order valence-corrected chi connectivity index (χ1v) is 13.6. The van der Waals surface area contributed by atoms with Crippen LogP contribution in [0.15, 0.2) is 73.1 Å². The fourth-order valence-corrected chi connectivity index (χ4v) is 5.50. The topological polar surface area (TPSA) is 111 Å². The monoisotopic (exact) mass is 544 g/mol. The average Bonchev–Trinajstić information content (AvgIpc) is 3.54. The molecule has 8 nitrogen and oxygen atoms in total. The van der Waals surface area contributed by atoms with E-state index in [0.717, 1.165) is 72.2 Å². The Morgan fingerprint density at radius 1 is 0.878 bits per heavy atom. The van der Waals surface area contributed by atoms with Crippen LogP contribution in [0, 0.1) is 27.7 Å². The van der Waals surface area contributed by atoms with Crippen molar-refractivity contribution in [1.82, 2.24) is 19.6 Å². The van der Waals surface area contributed by atoms with E-state index in [1.165, 1.54) is 0 Å². The first kappa shape index (κ1) is 26.3. The Bertz CT molecular complexity index is 1970. The number of aliphatic hydroxyl groups excluding tert-OH is 1. The van der Waals surface area contributed by atoms with Gasteiger partial charge in [-0.25, -0.2) is 9.36 Å². The summed E-state index contributed by atoms with van der Waals surface area (Å²) in [5.74, 6) is -0.241. The van der Waals surface area contributed by atoms with E-state index in [1.54, 1.807) is 0 Å². The Morgan fingerprint density at radius 2 is 1.63 bits per heavy atom. The molecule has 0 spiro atoms. The van der Waals surface area contributed by atoms with E-state index in [4.69, 9.17) is 10.8 Å². The van der Waals surface area contributed by atoms with Gasteiger partial charge in [0.25, 0.3) is 0 Å². The molecule has 0 saturated heterocycles. The van der Waals surface area contributed by atoms with E-state index >= 15 is 0 Å². The normalized spacial score (nSPS) is 11.4. The fraction of sp³-hybridized carbons (Fsp3) is 0.182. The minimum Gasteiger partial charge on any atom is -0.398 e. The molecule has 6 aromatic rings. The predicted octanol–water partition coefficient (Wildman–Crippen LogP) is 6.17. The van der Waals surface area contributed by atoms with E-state index in [1.807, 2.05) is 59.9 Å². The fourth-order valence-electron chi connectivity index (χ4n) is 5.50. The van der Waals surface area contributed by atoms with Gasteiger partial charge in [-0.05, 0) is 104 Å². The summed E-state index contributed by atoms with van der Waals surface area (Å²) in [4.78, 5) is 12.6. The second-order valence-corrected chi connectivity index (χ2v) is 10.6. The summed E-state index contributed by atoms with van der Waals surface area (Å²) in [6.07, 6.45) is 3.77. The molecule has 0 radical (unpaired) electrons. The van der Waals surface area contributed by atoms with Crippen molar-refractivity contribution in [1.29, 1.82) is 0 Å². The van der Waals surface area contributed by atoms with E-state index < -0.39 is 0 Å². The number of benzene rings is 4. The van der Waals surface area contributed by atoms with E-state index in [9.17, 15) is 9.90 Å². The molecule has 0 aliphatic heterocycles. The number of nitrogens with one attached hydrogen (secondary N) is 1. The maximum Gasteiger partial charge on any atom is 0.226 e. The van der Waals surface area contributed by atoms with Crippen LogP contribution >= 0.6 is 0 Å². The Hall–Kier alpha value is -4.95. The van der Waals surface area contributed by atoms with Crippen LogP contribution in [0.3, 0.4) is 0 Å². The smallest absolute Gasteiger partial charge is 0.226 e. The SMILES string of the molecule is Cc1cccc(-n2ncc3c(-c4ccc(-n5ncc6cc(C)c(N)cc65)cc4C)c(C)c(NC(=O)CCO)cc32)c1. The number of rotatable bonds is 6. The van der Waals surface area contributed by atoms with Crippen LogP contribution in [0.2, 0.25) is 0 Å². The second-order valence-electron chi connectivity index (χ2n) is 10.6. The van der Waals surface area contributed by atoms with E-state index in [2.05, 4.69) is 60.7 Å².